The van der Waals surface area contributed by atoms with Crippen molar-refractivity contribution in [2.45, 2.75) is 6.61 Å². The number of hydrogen-bond acceptors (Lipinski definition) is 4. The second kappa shape index (κ2) is 8.26. The molecule has 0 bridgehead atoms. The predicted octanol–water partition coefficient (Wildman–Crippen LogP) is 3.19. The summed E-state index contributed by atoms with van der Waals surface area (Å²) in [4.78, 5) is 22.0. The number of benzene rings is 2. The summed E-state index contributed by atoms with van der Waals surface area (Å²) >= 11 is 5.87. The van der Waals surface area contributed by atoms with Crippen molar-refractivity contribution in [1.82, 2.24) is 5.32 Å². The number of nitrogens with zero attached hydrogens (tertiary/aromatic N) is 1. The van der Waals surface area contributed by atoms with E-state index in [0.29, 0.717) is 24.8 Å². The van der Waals surface area contributed by atoms with Gasteiger partial charge in [-0.25, -0.2) is 0 Å². The number of hydrogen-bond donors (Lipinski definition) is 1. The number of halogens is 1. The first-order chi connectivity index (χ1) is 11.1. The van der Waals surface area contributed by atoms with Crippen LogP contribution in [-0.2, 0) is 11.3 Å². The highest BCUT2D eigenvalue weighted by atomic mass is 35.5. The fourth-order valence-electron chi connectivity index (χ4n) is 1.92. The van der Waals surface area contributed by atoms with E-state index >= 15 is 0 Å². The number of amides is 1. The maximum atomic E-state index is 11.9. The van der Waals surface area contributed by atoms with E-state index in [0.717, 1.165) is 5.56 Å². The van der Waals surface area contributed by atoms with Crippen LogP contribution < -0.4 is 5.32 Å². The molecule has 2 aromatic rings. The van der Waals surface area contributed by atoms with Crippen molar-refractivity contribution in [1.29, 1.82) is 0 Å². The third-order valence-electron chi connectivity index (χ3n) is 3.01. The summed E-state index contributed by atoms with van der Waals surface area (Å²) in [5.74, 6) is -0.375. The average molecular weight is 335 g/mol. The molecule has 6 nitrogen and oxygen atoms in total. The summed E-state index contributed by atoms with van der Waals surface area (Å²) in [6.45, 7) is 1.03. The number of rotatable bonds is 7. The lowest BCUT2D eigenvalue weighted by molar-refractivity contribution is -0.384. The minimum absolute atomic E-state index is 0.116. The maximum absolute atomic E-state index is 11.9. The van der Waals surface area contributed by atoms with Gasteiger partial charge in [-0.05, 0) is 23.8 Å². The molecule has 2 aromatic carbocycles. The molecule has 0 heterocycles. The first-order valence-electron chi connectivity index (χ1n) is 6.91. The molecule has 120 valence electrons. The van der Waals surface area contributed by atoms with E-state index in [1.807, 2.05) is 18.2 Å². The van der Waals surface area contributed by atoms with Crippen molar-refractivity contribution in [3.05, 3.63) is 74.8 Å². The lowest BCUT2D eigenvalue weighted by Crippen LogP contribution is -2.27. The lowest BCUT2D eigenvalue weighted by Gasteiger charge is -2.07. The Morgan fingerprint density at radius 1 is 1.22 bits per heavy atom. The first kappa shape index (κ1) is 16.9. The Morgan fingerprint density at radius 3 is 2.74 bits per heavy atom. The topological polar surface area (TPSA) is 81.5 Å². The highest BCUT2D eigenvalue weighted by Crippen LogP contribution is 2.13. The molecular weight excluding hydrogens is 320 g/mol. The summed E-state index contributed by atoms with van der Waals surface area (Å²) in [7, 11) is 0. The summed E-state index contributed by atoms with van der Waals surface area (Å²) in [5, 5.41) is 14.0. The second-order valence-electron chi connectivity index (χ2n) is 4.75. The largest absolute Gasteiger partial charge is 0.375 e. The molecule has 1 amide bonds. The van der Waals surface area contributed by atoms with Crippen LogP contribution in [0.3, 0.4) is 0 Å². The SMILES string of the molecule is O=C(NCCOCc1cccc(Cl)c1)c1cccc([N+](=O)[O-])c1. The number of non-ortho nitro benzene ring substituents is 1. The van der Waals surface area contributed by atoms with Gasteiger partial charge in [-0.15, -0.1) is 0 Å². The van der Waals surface area contributed by atoms with Crippen molar-refractivity contribution >= 4 is 23.2 Å². The van der Waals surface area contributed by atoms with Crippen LogP contribution in [0.1, 0.15) is 15.9 Å². The van der Waals surface area contributed by atoms with Gasteiger partial charge in [0.05, 0.1) is 18.1 Å². The van der Waals surface area contributed by atoms with Gasteiger partial charge in [0.2, 0.25) is 0 Å². The summed E-state index contributed by atoms with van der Waals surface area (Å²) in [5.41, 5.74) is 1.08. The highest BCUT2D eigenvalue weighted by Gasteiger charge is 2.10. The van der Waals surface area contributed by atoms with E-state index in [1.165, 1.54) is 24.3 Å². The molecule has 2 rings (SSSR count). The number of nitro benzene ring substituents is 1. The van der Waals surface area contributed by atoms with Gasteiger partial charge in [0, 0.05) is 29.3 Å². The number of nitrogens with one attached hydrogen (secondary N) is 1. The number of nitro groups is 1. The molecule has 1 N–H and O–H groups in total. The molecule has 0 unspecified atom stereocenters. The monoisotopic (exact) mass is 334 g/mol. The summed E-state index contributed by atoms with van der Waals surface area (Å²) in [6, 6.07) is 12.9. The van der Waals surface area contributed by atoms with Crippen molar-refractivity contribution in [3.8, 4) is 0 Å². The Labute approximate surface area is 138 Å². The molecule has 0 aliphatic rings. The number of carbonyl (C=O) groups is 1. The standard InChI is InChI=1S/C16H15ClN2O4/c17-14-5-1-3-12(9-14)11-23-8-7-18-16(20)13-4-2-6-15(10-13)19(21)22/h1-6,9-10H,7-8,11H2,(H,18,20). The first-order valence-corrected chi connectivity index (χ1v) is 7.29. The van der Waals surface area contributed by atoms with E-state index in [1.54, 1.807) is 6.07 Å². The minimum Gasteiger partial charge on any atom is -0.375 e. The zero-order valence-corrected chi connectivity index (χ0v) is 13.0. The van der Waals surface area contributed by atoms with Crippen LogP contribution in [0.15, 0.2) is 48.5 Å². The van der Waals surface area contributed by atoms with Gasteiger partial charge >= 0.3 is 0 Å². The summed E-state index contributed by atoms with van der Waals surface area (Å²) < 4.78 is 5.44. The van der Waals surface area contributed by atoms with Crippen LogP contribution in [0.2, 0.25) is 5.02 Å². The van der Waals surface area contributed by atoms with Crippen molar-refractivity contribution in [2.24, 2.45) is 0 Å². The van der Waals surface area contributed by atoms with Gasteiger partial charge in [-0.2, -0.15) is 0 Å². The molecule has 7 heteroatoms. The maximum Gasteiger partial charge on any atom is 0.270 e. The molecule has 0 spiro atoms. The van der Waals surface area contributed by atoms with Gasteiger partial charge in [-0.1, -0.05) is 29.8 Å². The van der Waals surface area contributed by atoms with E-state index in [4.69, 9.17) is 16.3 Å². The van der Waals surface area contributed by atoms with Crippen molar-refractivity contribution in [2.75, 3.05) is 13.2 Å². The zero-order chi connectivity index (χ0) is 16.7. The van der Waals surface area contributed by atoms with Crippen LogP contribution >= 0.6 is 11.6 Å². The molecule has 0 saturated heterocycles. The minimum atomic E-state index is -0.537. The molecule has 0 saturated carbocycles. The second-order valence-corrected chi connectivity index (χ2v) is 5.18. The average Bonchev–Trinajstić information content (AvgIpc) is 2.54. The van der Waals surface area contributed by atoms with Gasteiger partial charge < -0.3 is 10.1 Å². The normalized spacial score (nSPS) is 10.3. The molecule has 0 aliphatic carbocycles. The third-order valence-corrected chi connectivity index (χ3v) is 3.24. The van der Waals surface area contributed by atoms with E-state index in [2.05, 4.69) is 5.32 Å². The van der Waals surface area contributed by atoms with Gasteiger partial charge in [0.25, 0.3) is 11.6 Å². The highest BCUT2D eigenvalue weighted by molar-refractivity contribution is 6.30. The summed E-state index contributed by atoms with van der Waals surface area (Å²) in [6.07, 6.45) is 0. The van der Waals surface area contributed by atoms with Gasteiger partial charge in [0.15, 0.2) is 0 Å². The molecule has 0 atom stereocenters. The number of ether oxygens (including phenoxy) is 1. The van der Waals surface area contributed by atoms with Crippen LogP contribution in [0, 0.1) is 10.1 Å². The van der Waals surface area contributed by atoms with E-state index in [9.17, 15) is 14.9 Å². The van der Waals surface area contributed by atoms with Gasteiger partial charge in [0.1, 0.15) is 0 Å². The Morgan fingerprint density at radius 2 is 2.00 bits per heavy atom. The number of carbonyl (C=O) groups excluding carboxylic acids is 1. The predicted molar refractivity (Wildman–Crippen MR) is 86.5 cm³/mol. The van der Waals surface area contributed by atoms with Crippen molar-refractivity contribution in [3.63, 3.8) is 0 Å². The Hall–Kier alpha value is -2.44. The zero-order valence-electron chi connectivity index (χ0n) is 12.2. The smallest absolute Gasteiger partial charge is 0.270 e. The lowest BCUT2D eigenvalue weighted by atomic mass is 10.2. The van der Waals surface area contributed by atoms with Crippen LogP contribution in [0.5, 0.6) is 0 Å². The van der Waals surface area contributed by atoms with Crippen molar-refractivity contribution < 1.29 is 14.5 Å². The Kier molecular flexibility index (Phi) is 6.08. The van der Waals surface area contributed by atoms with Gasteiger partial charge in [-0.3, -0.25) is 14.9 Å². The Bertz CT molecular complexity index is 706. The van der Waals surface area contributed by atoms with Crippen LogP contribution in [-0.4, -0.2) is 24.0 Å². The van der Waals surface area contributed by atoms with Crippen LogP contribution in [0.4, 0.5) is 5.69 Å². The molecular formula is C16H15ClN2O4. The Balaban J connectivity index is 1.74. The molecule has 0 radical (unpaired) electrons. The van der Waals surface area contributed by atoms with E-state index in [-0.39, 0.29) is 17.2 Å². The van der Waals surface area contributed by atoms with Crippen LogP contribution in [0.25, 0.3) is 0 Å². The third kappa shape index (κ3) is 5.36. The molecule has 0 aromatic heterocycles. The van der Waals surface area contributed by atoms with E-state index < -0.39 is 4.92 Å². The fraction of sp³-hybridized carbons (Fsp3) is 0.188. The fourth-order valence-corrected chi connectivity index (χ4v) is 2.13. The molecule has 23 heavy (non-hydrogen) atoms. The molecule has 0 aliphatic heterocycles. The molecule has 0 fully saturated rings. The quantitative estimate of drug-likeness (QED) is 0.479.